The average molecular weight is 452 g/mol. The maximum absolute atomic E-state index is 12.7. The van der Waals surface area contributed by atoms with Gasteiger partial charge < -0.3 is 14.8 Å². The monoisotopic (exact) mass is 451 g/mol. The Morgan fingerprint density at radius 3 is 2.44 bits per heavy atom. The molecular formula is C30H29NO3. The summed E-state index contributed by atoms with van der Waals surface area (Å²) >= 11 is 0. The van der Waals surface area contributed by atoms with Crippen LogP contribution in [0.3, 0.4) is 0 Å². The quantitative estimate of drug-likeness (QED) is 0.346. The predicted octanol–water partition coefficient (Wildman–Crippen LogP) is 5.76. The lowest BCUT2D eigenvalue weighted by atomic mass is 9.87. The molecule has 0 amide bonds. The zero-order valence-electron chi connectivity index (χ0n) is 19.2. The first-order chi connectivity index (χ1) is 16.8. The Morgan fingerprint density at radius 1 is 0.853 bits per heavy atom. The number of hydrogen-bond acceptors (Lipinski definition) is 4. The minimum Gasteiger partial charge on any atom is -0.485 e. The van der Waals surface area contributed by atoms with Crippen molar-refractivity contribution < 1.29 is 14.3 Å². The Morgan fingerprint density at radius 2 is 1.62 bits per heavy atom. The first-order valence-electron chi connectivity index (χ1n) is 11.9. The molecule has 0 aliphatic carbocycles. The molecule has 5 rings (SSSR count). The molecule has 4 aromatic rings. The topological polar surface area (TPSA) is 47.6 Å². The maximum atomic E-state index is 12.7. The van der Waals surface area contributed by atoms with Gasteiger partial charge in [-0.3, -0.25) is 4.79 Å². The third-order valence-corrected chi connectivity index (χ3v) is 6.48. The number of Topliss-reactive ketones (excluding diaryl/α,β-unsaturated/α-hetero) is 1. The number of ether oxygens (including phenoxy) is 2. The van der Waals surface area contributed by atoms with Crippen LogP contribution >= 0.6 is 0 Å². The minimum atomic E-state index is -0.0254. The lowest BCUT2D eigenvalue weighted by Gasteiger charge is -2.32. The fourth-order valence-corrected chi connectivity index (χ4v) is 4.57. The third-order valence-electron chi connectivity index (χ3n) is 6.48. The lowest BCUT2D eigenvalue weighted by molar-refractivity contribution is 0.0106. The van der Waals surface area contributed by atoms with Crippen molar-refractivity contribution in [1.82, 2.24) is 5.32 Å². The van der Waals surface area contributed by atoms with E-state index >= 15 is 0 Å². The van der Waals surface area contributed by atoms with Gasteiger partial charge in [0, 0.05) is 18.0 Å². The number of piperidine rings is 1. The number of carbonyl (C=O) groups is 1. The van der Waals surface area contributed by atoms with Gasteiger partial charge in [-0.2, -0.15) is 0 Å². The summed E-state index contributed by atoms with van der Waals surface area (Å²) in [6.07, 6.45) is 1.15. The second-order valence-electron chi connectivity index (χ2n) is 8.78. The van der Waals surface area contributed by atoms with Crippen molar-refractivity contribution >= 4 is 16.6 Å². The van der Waals surface area contributed by atoms with E-state index in [0.29, 0.717) is 23.8 Å². The molecule has 4 heteroatoms. The van der Waals surface area contributed by atoms with Crippen molar-refractivity contribution in [3.8, 4) is 5.75 Å². The number of nitrogens with one attached hydrogen (secondary N) is 1. The number of hydrogen-bond donors (Lipinski definition) is 1. The maximum Gasteiger partial charge on any atom is 0.200 e. The number of carbonyl (C=O) groups excluding carboxylic acids is 1. The molecule has 0 saturated carbocycles. The van der Waals surface area contributed by atoms with Crippen LogP contribution in [-0.2, 0) is 11.3 Å². The van der Waals surface area contributed by atoms with Crippen molar-refractivity contribution in [3.05, 3.63) is 114 Å². The van der Waals surface area contributed by atoms with Gasteiger partial charge in [0.2, 0.25) is 0 Å². The first-order valence-corrected chi connectivity index (χ1v) is 11.9. The molecule has 0 radical (unpaired) electrons. The van der Waals surface area contributed by atoms with Crippen LogP contribution < -0.4 is 10.1 Å². The molecule has 1 heterocycles. The van der Waals surface area contributed by atoms with Crippen LogP contribution in [-0.4, -0.2) is 31.6 Å². The summed E-state index contributed by atoms with van der Waals surface area (Å²) in [5.41, 5.74) is 3.10. The van der Waals surface area contributed by atoms with Gasteiger partial charge in [0.1, 0.15) is 5.75 Å². The zero-order chi connectivity index (χ0) is 23.2. The van der Waals surface area contributed by atoms with Crippen molar-refractivity contribution in [2.75, 3.05) is 19.7 Å². The van der Waals surface area contributed by atoms with E-state index in [1.807, 2.05) is 72.8 Å². The lowest BCUT2D eigenvalue weighted by Crippen LogP contribution is -2.40. The van der Waals surface area contributed by atoms with Gasteiger partial charge in [0.05, 0.1) is 12.7 Å². The first kappa shape index (κ1) is 22.3. The van der Waals surface area contributed by atoms with Crippen LogP contribution in [0.5, 0.6) is 5.75 Å². The Kier molecular flexibility index (Phi) is 6.99. The van der Waals surface area contributed by atoms with E-state index in [2.05, 4.69) is 29.6 Å². The van der Waals surface area contributed by atoms with E-state index in [4.69, 9.17) is 9.47 Å². The molecule has 1 aliphatic heterocycles. The molecule has 172 valence electrons. The Labute approximate surface area is 200 Å². The molecule has 1 fully saturated rings. The van der Waals surface area contributed by atoms with E-state index < -0.39 is 0 Å². The number of rotatable bonds is 8. The molecule has 1 saturated heterocycles. The molecule has 1 aliphatic rings. The van der Waals surface area contributed by atoms with Gasteiger partial charge in [0.15, 0.2) is 12.4 Å². The minimum absolute atomic E-state index is 0.0217. The van der Waals surface area contributed by atoms with Crippen molar-refractivity contribution in [2.45, 2.75) is 25.0 Å². The van der Waals surface area contributed by atoms with E-state index in [0.717, 1.165) is 30.3 Å². The summed E-state index contributed by atoms with van der Waals surface area (Å²) in [7, 11) is 0. The Balaban J connectivity index is 1.19. The van der Waals surface area contributed by atoms with Crippen LogP contribution in [0, 0.1) is 0 Å². The predicted molar refractivity (Wildman–Crippen MR) is 135 cm³/mol. The highest BCUT2D eigenvalue weighted by molar-refractivity contribution is 6.00. The SMILES string of the molecule is O=C(COc1ccc([C@H]2CCNC[C@@H]2OCc2ccccc2)cc1)c1ccc2ccccc2c1. The smallest absolute Gasteiger partial charge is 0.200 e. The summed E-state index contributed by atoms with van der Waals surface area (Å²) in [6.45, 7) is 2.46. The molecule has 2 atom stereocenters. The van der Waals surface area contributed by atoms with Gasteiger partial charge in [-0.1, -0.05) is 78.9 Å². The highest BCUT2D eigenvalue weighted by Gasteiger charge is 2.27. The van der Waals surface area contributed by atoms with Gasteiger partial charge in [-0.15, -0.1) is 0 Å². The summed E-state index contributed by atoms with van der Waals surface area (Å²) < 4.78 is 12.1. The molecule has 1 N–H and O–H groups in total. The number of ketones is 1. The summed E-state index contributed by atoms with van der Waals surface area (Å²) in [5.74, 6) is 1.01. The fraction of sp³-hybridized carbons (Fsp3) is 0.233. The van der Waals surface area contributed by atoms with Gasteiger partial charge in [0.25, 0.3) is 0 Å². The molecule has 0 unspecified atom stereocenters. The fourth-order valence-electron chi connectivity index (χ4n) is 4.57. The highest BCUT2D eigenvalue weighted by Crippen LogP contribution is 2.30. The average Bonchev–Trinajstić information content (AvgIpc) is 2.91. The number of benzene rings is 4. The van der Waals surface area contributed by atoms with Crippen LogP contribution in [0.2, 0.25) is 0 Å². The molecular weight excluding hydrogens is 422 g/mol. The van der Waals surface area contributed by atoms with Gasteiger partial charge >= 0.3 is 0 Å². The standard InChI is InChI=1S/C30H29NO3/c32-29(26-11-10-23-8-4-5-9-25(23)18-26)21-33-27-14-12-24(13-15-27)28-16-17-31-19-30(28)34-20-22-6-2-1-3-7-22/h1-15,18,28,30-31H,16-17,19-21H2/t28-,30+/m1/s1. The summed E-state index contributed by atoms with van der Waals surface area (Å²) in [5, 5.41) is 5.64. The van der Waals surface area contributed by atoms with Gasteiger partial charge in [-0.05, 0) is 53.1 Å². The Hall–Kier alpha value is -3.47. The highest BCUT2D eigenvalue weighted by atomic mass is 16.5. The van der Waals surface area contributed by atoms with Gasteiger partial charge in [-0.25, -0.2) is 0 Å². The van der Waals surface area contributed by atoms with Crippen LogP contribution in [0.25, 0.3) is 10.8 Å². The van der Waals surface area contributed by atoms with Crippen molar-refractivity contribution in [1.29, 1.82) is 0 Å². The molecule has 34 heavy (non-hydrogen) atoms. The summed E-state index contributed by atoms with van der Waals surface area (Å²) in [4.78, 5) is 12.7. The van der Waals surface area contributed by atoms with E-state index in [9.17, 15) is 4.79 Å². The largest absolute Gasteiger partial charge is 0.485 e. The molecule has 4 aromatic carbocycles. The Bertz CT molecular complexity index is 1240. The normalized spacial score (nSPS) is 18.0. The molecule has 0 bridgehead atoms. The van der Waals surface area contributed by atoms with Crippen LogP contribution in [0.15, 0.2) is 97.1 Å². The molecule has 0 aromatic heterocycles. The third kappa shape index (κ3) is 5.36. The van der Waals surface area contributed by atoms with Crippen LogP contribution in [0.1, 0.15) is 33.8 Å². The number of fused-ring (bicyclic) bond motifs is 1. The van der Waals surface area contributed by atoms with Crippen LogP contribution in [0.4, 0.5) is 0 Å². The van der Waals surface area contributed by atoms with E-state index in [1.54, 1.807) is 0 Å². The van der Waals surface area contributed by atoms with E-state index in [-0.39, 0.29) is 18.5 Å². The summed E-state index contributed by atoms with van der Waals surface area (Å²) in [6, 6.07) is 32.2. The van der Waals surface area contributed by atoms with Crippen molar-refractivity contribution in [3.63, 3.8) is 0 Å². The molecule has 4 nitrogen and oxygen atoms in total. The zero-order valence-corrected chi connectivity index (χ0v) is 19.2. The second-order valence-corrected chi connectivity index (χ2v) is 8.78. The van der Waals surface area contributed by atoms with Crippen molar-refractivity contribution in [2.24, 2.45) is 0 Å². The second kappa shape index (κ2) is 10.6. The molecule has 0 spiro atoms. The van der Waals surface area contributed by atoms with E-state index in [1.165, 1.54) is 11.1 Å².